The maximum atomic E-state index is 12.1. The highest BCUT2D eigenvalue weighted by atomic mass is 16.2. The van der Waals surface area contributed by atoms with Gasteiger partial charge in [0.15, 0.2) is 0 Å². The lowest BCUT2D eigenvalue weighted by Gasteiger charge is -2.32. The van der Waals surface area contributed by atoms with E-state index >= 15 is 0 Å². The first-order valence-electron chi connectivity index (χ1n) is 6.81. The van der Waals surface area contributed by atoms with Crippen molar-refractivity contribution in [3.8, 4) is 0 Å². The molecule has 1 aromatic heterocycles. The number of aromatic nitrogens is 1. The zero-order valence-corrected chi connectivity index (χ0v) is 11.4. The van der Waals surface area contributed by atoms with Crippen LogP contribution in [0.25, 0.3) is 6.08 Å². The van der Waals surface area contributed by atoms with E-state index in [-0.39, 0.29) is 5.91 Å². The zero-order valence-electron chi connectivity index (χ0n) is 11.4. The third kappa shape index (κ3) is 4.17. The van der Waals surface area contributed by atoms with Gasteiger partial charge in [-0.2, -0.15) is 0 Å². The van der Waals surface area contributed by atoms with E-state index in [1.807, 2.05) is 30.2 Å². The Kier molecular flexibility index (Phi) is 5.10. The number of likely N-dealkylation sites (tertiary alicyclic amines) is 1. The van der Waals surface area contributed by atoms with E-state index < -0.39 is 0 Å². The number of carbonyl (C=O) groups is 1. The summed E-state index contributed by atoms with van der Waals surface area (Å²) in [5.41, 5.74) is 0.958. The summed E-state index contributed by atoms with van der Waals surface area (Å²) >= 11 is 0. The SMILES string of the molecule is CNCC1CCCN(C(=O)/C=C/c2cccnc2)C1. The summed E-state index contributed by atoms with van der Waals surface area (Å²) in [7, 11) is 1.96. The van der Waals surface area contributed by atoms with Crippen molar-refractivity contribution in [3.63, 3.8) is 0 Å². The average Bonchev–Trinajstić information content (AvgIpc) is 2.46. The first-order chi connectivity index (χ1) is 9.29. The Hall–Kier alpha value is -1.68. The number of hydrogen-bond donors (Lipinski definition) is 1. The van der Waals surface area contributed by atoms with E-state index in [4.69, 9.17) is 0 Å². The Balaban J connectivity index is 1.90. The van der Waals surface area contributed by atoms with Gasteiger partial charge in [0, 0.05) is 31.6 Å². The van der Waals surface area contributed by atoms with E-state index in [0.717, 1.165) is 31.6 Å². The second-order valence-electron chi connectivity index (χ2n) is 4.97. The molecule has 2 rings (SSSR count). The number of rotatable bonds is 4. The molecule has 1 unspecified atom stereocenters. The monoisotopic (exact) mass is 259 g/mol. The van der Waals surface area contributed by atoms with Crippen LogP contribution in [0.2, 0.25) is 0 Å². The largest absolute Gasteiger partial charge is 0.339 e. The molecule has 0 radical (unpaired) electrons. The van der Waals surface area contributed by atoms with Crippen molar-refractivity contribution in [2.45, 2.75) is 12.8 Å². The minimum Gasteiger partial charge on any atom is -0.339 e. The maximum Gasteiger partial charge on any atom is 0.246 e. The van der Waals surface area contributed by atoms with Gasteiger partial charge in [-0.05, 0) is 50.1 Å². The molecule has 1 aliphatic rings. The topological polar surface area (TPSA) is 45.2 Å². The molecule has 19 heavy (non-hydrogen) atoms. The summed E-state index contributed by atoms with van der Waals surface area (Å²) in [5.74, 6) is 0.680. The third-order valence-electron chi connectivity index (χ3n) is 3.43. The van der Waals surface area contributed by atoms with Crippen LogP contribution in [0.15, 0.2) is 30.6 Å². The van der Waals surface area contributed by atoms with E-state index in [1.54, 1.807) is 18.5 Å². The molecule has 1 saturated heterocycles. The molecule has 102 valence electrons. The van der Waals surface area contributed by atoms with E-state index in [9.17, 15) is 4.79 Å². The smallest absolute Gasteiger partial charge is 0.246 e. The minimum atomic E-state index is 0.102. The second kappa shape index (κ2) is 7.04. The molecule has 1 N–H and O–H groups in total. The van der Waals surface area contributed by atoms with Crippen molar-refractivity contribution < 1.29 is 4.79 Å². The predicted molar refractivity (Wildman–Crippen MR) is 76.5 cm³/mol. The lowest BCUT2D eigenvalue weighted by molar-refractivity contribution is -0.127. The number of carbonyl (C=O) groups excluding carboxylic acids is 1. The normalized spacial score (nSPS) is 19.8. The standard InChI is InChI=1S/C15H21N3O/c1-16-10-14-5-3-9-18(12-14)15(19)7-6-13-4-2-8-17-11-13/h2,4,6-8,11,14,16H,3,5,9-10,12H2,1H3/b7-6+. The molecule has 0 aromatic carbocycles. The van der Waals surface area contributed by atoms with Crippen molar-refractivity contribution in [1.82, 2.24) is 15.2 Å². The van der Waals surface area contributed by atoms with Gasteiger partial charge in [-0.15, -0.1) is 0 Å². The Labute approximate surface area is 114 Å². The number of nitrogens with one attached hydrogen (secondary N) is 1. The van der Waals surface area contributed by atoms with Gasteiger partial charge < -0.3 is 10.2 Å². The quantitative estimate of drug-likeness (QED) is 0.835. The molecule has 0 aliphatic carbocycles. The lowest BCUT2D eigenvalue weighted by Crippen LogP contribution is -2.41. The Bertz CT molecular complexity index is 428. The summed E-state index contributed by atoms with van der Waals surface area (Å²) in [6.45, 7) is 2.71. The van der Waals surface area contributed by atoms with Gasteiger partial charge >= 0.3 is 0 Å². The maximum absolute atomic E-state index is 12.1. The molecule has 0 saturated carbocycles. The first-order valence-corrected chi connectivity index (χ1v) is 6.81. The van der Waals surface area contributed by atoms with Gasteiger partial charge in [0.1, 0.15) is 0 Å². The third-order valence-corrected chi connectivity index (χ3v) is 3.43. The molecule has 1 aliphatic heterocycles. The second-order valence-corrected chi connectivity index (χ2v) is 4.97. The summed E-state index contributed by atoms with van der Waals surface area (Å²) in [4.78, 5) is 18.1. The zero-order chi connectivity index (χ0) is 13.5. The lowest BCUT2D eigenvalue weighted by atomic mass is 9.98. The fourth-order valence-electron chi connectivity index (χ4n) is 2.47. The van der Waals surface area contributed by atoms with Crippen LogP contribution in [0.5, 0.6) is 0 Å². The van der Waals surface area contributed by atoms with E-state index in [2.05, 4.69) is 10.3 Å². The summed E-state index contributed by atoms with van der Waals surface area (Å²) in [6.07, 6.45) is 9.27. The fraction of sp³-hybridized carbons (Fsp3) is 0.467. The van der Waals surface area contributed by atoms with Crippen LogP contribution in [-0.4, -0.2) is 42.5 Å². The average molecular weight is 259 g/mol. The van der Waals surface area contributed by atoms with Crippen LogP contribution >= 0.6 is 0 Å². The molecule has 1 fully saturated rings. The molecule has 0 spiro atoms. The summed E-state index contributed by atoms with van der Waals surface area (Å²) < 4.78 is 0. The number of pyridine rings is 1. The fourth-order valence-corrected chi connectivity index (χ4v) is 2.47. The molecular formula is C15H21N3O. The predicted octanol–water partition coefficient (Wildman–Crippen LogP) is 1.55. The van der Waals surface area contributed by atoms with Crippen LogP contribution in [0.1, 0.15) is 18.4 Å². The highest BCUT2D eigenvalue weighted by Gasteiger charge is 2.21. The molecule has 4 heteroatoms. The Morgan fingerprint density at radius 2 is 2.53 bits per heavy atom. The van der Waals surface area contributed by atoms with Crippen LogP contribution in [-0.2, 0) is 4.79 Å². The van der Waals surface area contributed by atoms with Crippen LogP contribution < -0.4 is 5.32 Å². The number of hydrogen-bond acceptors (Lipinski definition) is 3. The van der Waals surface area contributed by atoms with Crippen molar-refractivity contribution in [2.75, 3.05) is 26.7 Å². The van der Waals surface area contributed by atoms with Gasteiger partial charge in [-0.25, -0.2) is 0 Å². The molecule has 0 bridgehead atoms. The molecule has 1 amide bonds. The van der Waals surface area contributed by atoms with Gasteiger partial charge in [0.25, 0.3) is 0 Å². The van der Waals surface area contributed by atoms with Gasteiger partial charge in [-0.3, -0.25) is 9.78 Å². The molecule has 2 heterocycles. The molecule has 1 atom stereocenters. The highest BCUT2D eigenvalue weighted by molar-refractivity contribution is 5.91. The van der Waals surface area contributed by atoms with Crippen LogP contribution in [0.4, 0.5) is 0 Å². The number of piperidine rings is 1. The van der Waals surface area contributed by atoms with Gasteiger partial charge in [0.05, 0.1) is 0 Å². The van der Waals surface area contributed by atoms with E-state index in [0.29, 0.717) is 5.92 Å². The number of amides is 1. The van der Waals surface area contributed by atoms with Gasteiger partial charge in [0.2, 0.25) is 5.91 Å². The number of nitrogens with zero attached hydrogens (tertiary/aromatic N) is 2. The van der Waals surface area contributed by atoms with Gasteiger partial charge in [-0.1, -0.05) is 6.07 Å². The summed E-state index contributed by atoms with van der Waals surface area (Å²) in [5, 5.41) is 3.19. The van der Waals surface area contributed by atoms with Crippen molar-refractivity contribution in [3.05, 3.63) is 36.2 Å². The van der Waals surface area contributed by atoms with Crippen molar-refractivity contribution in [2.24, 2.45) is 5.92 Å². The van der Waals surface area contributed by atoms with Crippen LogP contribution in [0.3, 0.4) is 0 Å². The van der Waals surface area contributed by atoms with E-state index in [1.165, 1.54) is 6.42 Å². The first kappa shape index (κ1) is 13.7. The molecule has 1 aromatic rings. The minimum absolute atomic E-state index is 0.102. The van der Waals surface area contributed by atoms with Crippen LogP contribution in [0, 0.1) is 5.92 Å². The molecular weight excluding hydrogens is 238 g/mol. The summed E-state index contributed by atoms with van der Waals surface area (Å²) in [6, 6.07) is 3.81. The Morgan fingerprint density at radius 3 is 3.26 bits per heavy atom. The Morgan fingerprint density at radius 1 is 1.63 bits per heavy atom. The van der Waals surface area contributed by atoms with Crippen molar-refractivity contribution in [1.29, 1.82) is 0 Å². The highest BCUT2D eigenvalue weighted by Crippen LogP contribution is 2.16. The molecule has 4 nitrogen and oxygen atoms in total. The van der Waals surface area contributed by atoms with Crippen molar-refractivity contribution >= 4 is 12.0 Å².